The number of hydrogen-bond acceptors (Lipinski definition) is 3. The summed E-state index contributed by atoms with van der Waals surface area (Å²) >= 11 is 0. The minimum absolute atomic E-state index is 0.0188. The molecule has 0 aliphatic rings. The van der Waals surface area contributed by atoms with Crippen LogP contribution in [-0.2, 0) is 11.3 Å². The molecule has 0 spiro atoms. The summed E-state index contributed by atoms with van der Waals surface area (Å²) in [5.41, 5.74) is 5.86. The number of carbonyl (C=O) groups excluding carboxylic acids is 1. The van der Waals surface area contributed by atoms with Crippen LogP contribution in [0.1, 0.15) is 21.5 Å². The minimum Gasteiger partial charge on any atom is -0.457 e. The highest BCUT2D eigenvalue weighted by Gasteiger charge is 2.13. The zero-order chi connectivity index (χ0) is 15.6. The van der Waals surface area contributed by atoms with Gasteiger partial charge in [0.05, 0.1) is 5.56 Å². The van der Waals surface area contributed by atoms with Crippen molar-refractivity contribution in [2.24, 2.45) is 0 Å². The first-order valence-corrected chi connectivity index (χ1v) is 6.05. The van der Waals surface area contributed by atoms with Crippen molar-refractivity contribution in [1.29, 1.82) is 0 Å². The molecule has 0 fully saturated rings. The molecule has 0 aliphatic heterocycles. The molecule has 2 aromatic rings. The van der Waals surface area contributed by atoms with E-state index in [0.29, 0.717) is 6.07 Å². The van der Waals surface area contributed by atoms with E-state index in [0.717, 1.165) is 12.1 Å². The number of ether oxygens (including phenoxy) is 1. The molecule has 0 heterocycles. The average Bonchev–Trinajstić information content (AvgIpc) is 2.43. The zero-order valence-corrected chi connectivity index (χ0v) is 11.1. The van der Waals surface area contributed by atoms with Crippen molar-refractivity contribution in [2.45, 2.75) is 13.5 Å². The van der Waals surface area contributed by atoms with Crippen molar-refractivity contribution < 1.29 is 22.7 Å². The number of rotatable bonds is 3. The number of nitrogens with two attached hydrogens (primary N) is 1. The smallest absolute Gasteiger partial charge is 0.338 e. The number of carbonyl (C=O) groups is 1. The first-order valence-electron chi connectivity index (χ1n) is 6.05. The number of esters is 1. The van der Waals surface area contributed by atoms with Crippen molar-refractivity contribution in [3.63, 3.8) is 0 Å². The second kappa shape index (κ2) is 5.87. The summed E-state index contributed by atoms with van der Waals surface area (Å²) in [4.78, 5) is 11.8. The fourth-order valence-electron chi connectivity index (χ4n) is 1.68. The van der Waals surface area contributed by atoms with Crippen LogP contribution in [0.3, 0.4) is 0 Å². The topological polar surface area (TPSA) is 52.3 Å². The predicted molar refractivity (Wildman–Crippen MR) is 71.0 cm³/mol. The summed E-state index contributed by atoms with van der Waals surface area (Å²) in [6.45, 7) is 1.09. The van der Waals surface area contributed by atoms with Gasteiger partial charge in [-0.2, -0.15) is 0 Å². The van der Waals surface area contributed by atoms with Gasteiger partial charge in [-0.25, -0.2) is 18.0 Å². The molecule has 0 saturated heterocycles. The Balaban J connectivity index is 2.12. The highest BCUT2D eigenvalue weighted by atomic mass is 19.1. The first-order chi connectivity index (χ1) is 9.88. The maximum atomic E-state index is 13.5. The molecule has 21 heavy (non-hydrogen) atoms. The van der Waals surface area contributed by atoms with Crippen LogP contribution in [0.15, 0.2) is 30.3 Å². The molecule has 0 saturated carbocycles. The first kappa shape index (κ1) is 14.9. The third-order valence-corrected chi connectivity index (χ3v) is 2.99. The van der Waals surface area contributed by atoms with Gasteiger partial charge in [-0.05, 0) is 31.2 Å². The number of nitrogen functional groups attached to an aromatic ring is 1. The van der Waals surface area contributed by atoms with Gasteiger partial charge in [-0.15, -0.1) is 0 Å². The Morgan fingerprint density at radius 1 is 1.14 bits per heavy atom. The van der Waals surface area contributed by atoms with E-state index in [1.54, 1.807) is 0 Å². The number of hydrogen-bond donors (Lipinski definition) is 1. The lowest BCUT2D eigenvalue weighted by atomic mass is 10.1. The quantitative estimate of drug-likeness (QED) is 0.698. The average molecular weight is 295 g/mol. The molecular weight excluding hydrogens is 283 g/mol. The van der Waals surface area contributed by atoms with Crippen LogP contribution in [0.25, 0.3) is 0 Å². The van der Waals surface area contributed by atoms with Crippen LogP contribution in [0.2, 0.25) is 0 Å². The normalized spacial score (nSPS) is 10.5. The van der Waals surface area contributed by atoms with Crippen molar-refractivity contribution in [2.75, 3.05) is 5.73 Å². The second-order valence-electron chi connectivity index (χ2n) is 4.48. The SMILES string of the molecule is Cc1c(N)cc(C(=O)OCc2ccc(F)cc2F)cc1F. The second-order valence-corrected chi connectivity index (χ2v) is 4.48. The van der Waals surface area contributed by atoms with E-state index < -0.39 is 23.4 Å². The largest absolute Gasteiger partial charge is 0.457 e. The van der Waals surface area contributed by atoms with Crippen molar-refractivity contribution >= 4 is 11.7 Å². The zero-order valence-electron chi connectivity index (χ0n) is 11.1. The molecule has 0 radical (unpaired) electrons. The summed E-state index contributed by atoms with van der Waals surface area (Å²) in [6.07, 6.45) is 0. The molecule has 2 N–H and O–H groups in total. The molecular formula is C15H12F3NO2. The molecule has 2 rings (SSSR count). The number of benzene rings is 2. The van der Waals surface area contributed by atoms with Gasteiger partial charge in [-0.1, -0.05) is 0 Å². The highest BCUT2D eigenvalue weighted by Crippen LogP contribution is 2.19. The minimum atomic E-state index is -0.843. The maximum absolute atomic E-state index is 13.5. The van der Waals surface area contributed by atoms with Crippen LogP contribution >= 0.6 is 0 Å². The molecule has 2 aromatic carbocycles. The van der Waals surface area contributed by atoms with E-state index in [4.69, 9.17) is 10.5 Å². The molecule has 110 valence electrons. The van der Waals surface area contributed by atoms with Gasteiger partial charge in [0.2, 0.25) is 0 Å². The molecule has 0 atom stereocenters. The highest BCUT2D eigenvalue weighted by molar-refractivity contribution is 5.90. The summed E-state index contributed by atoms with van der Waals surface area (Å²) in [7, 11) is 0. The van der Waals surface area contributed by atoms with E-state index in [9.17, 15) is 18.0 Å². The summed E-state index contributed by atoms with van der Waals surface area (Å²) < 4.78 is 44.5. The van der Waals surface area contributed by atoms with Gasteiger partial charge >= 0.3 is 5.97 Å². The number of halogens is 3. The van der Waals surface area contributed by atoms with Crippen LogP contribution in [-0.4, -0.2) is 5.97 Å². The Morgan fingerprint density at radius 3 is 2.48 bits per heavy atom. The molecule has 0 unspecified atom stereocenters. The van der Waals surface area contributed by atoms with Crippen LogP contribution < -0.4 is 5.73 Å². The molecule has 0 aromatic heterocycles. The fourth-order valence-corrected chi connectivity index (χ4v) is 1.68. The predicted octanol–water partition coefficient (Wildman–Crippen LogP) is 3.35. The lowest BCUT2D eigenvalue weighted by Gasteiger charge is -2.08. The van der Waals surface area contributed by atoms with Crippen LogP contribution in [0.4, 0.5) is 18.9 Å². The van der Waals surface area contributed by atoms with E-state index in [1.165, 1.54) is 19.1 Å². The van der Waals surface area contributed by atoms with Crippen LogP contribution in [0.5, 0.6) is 0 Å². The van der Waals surface area contributed by atoms with E-state index in [-0.39, 0.29) is 29.0 Å². The van der Waals surface area contributed by atoms with Gasteiger partial charge in [0.25, 0.3) is 0 Å². The van der Waals surface area contributed by atoms with Crippen molar-refractivity contribution in [1.82, 2.24) is 0 Å². The standard InChI is InChI=1S/C15H12F3NO2/c1-8-12(17)4-10(5-14(8)19)15(20)21-7-9-2-3-11(16)6-13(9)18/h2-6H,7,19H2,1H3. The lowest BCUT2D eigenvalue weighted by molar-refractivity contribution is 0.0468. The lowest BCUT2D eigenvalue weighted by Crippen LogP contribution is -2.08. The van der Waals surface area contributed by atoms with E-state index in [2.05, 4.69) is 0 Å². The third kappa shape index (κ3) is 3.34. The van der Waals surface area contributed by atoms with Crippen molar-refractivity contribution in [3.8, 4) is 0 Å². The summed E-state index contributed by atoms with van der Waals surface area (Å²) in [5.74, 6) is -3.02. The fraction of sp³-hybridized carbons (Fsp3) is 0.133. The van der Waals surface area contributed by atoms with Gasteiger partial charge in [0, 0.05) is 22.9 Å². The van der Waals surface area contributed by atoms with Gasteiger partial charge in [0.15, 0.2) is 0 Å². The van der Waals surface area contributed by atoms with Crippen LogP contribution in [0, 0.1) is 24.4 Å². The Morgan fingerprint density at radius 2 is 1.86 bits per heavy atom. The summed E-state index contributed by atoms with van der Waals surface area (Å²) in [6, 6.07) is 5.18. The molecule has 6 heteroatoms. The van der Waals surface area contributed by atoms with Gasteiger partial charge < -0.3 is 10.5 Å². The Hall–Kier alpha value is -2.50. The number of anilines is 1. The molecule has 3 nitrogen and oxygen atoms in total. The molecule has 0 amide bonds. The Kier molecular flexibility index (Phi) is 4.16. The summed E-state index contributed by atoms with van der Waals surface area (Å²) in [5, 5.41) is 0. The van der Waals surface area contributed by atoms with Gasteiger partial charge in [0.1, 0.15) is 24.1 Å². The van der Waals surface area contributed by atoms with E-state index in [1.807, 2.05) is 0 Å². The van der Waals surface area contributed by atoms with E-state index >= 15 is 0 Å². The molecule has 0 aliphatic carbocycles. The maximum Gasteiger partial charge on any atom is 0.338 e. The molecule has 0 bridgehead atoms. The van der Waals surface area contributed by atoms with Crippen molar-refractivity contribution in [3.05, 3.63) is 64.5 Å². The Labute approximate surface area is 119 Å². The van der Waals surface area contributed by atoms with Gasteiger partial charge in [-0.3, -0.25) is 0 Å². The third-order valence-electron chi connectivity index (χ3n) is 2.99. The Bertz CT molecular complexity index is 678. The monoisotopic (exact) mass is 295 g/mol.